The molecule has 2 aromatic heterocycles. The summed E-state index contributed by atoms with van der Waals surface area (Å²) < 4.78 is 0.946. The van der Waals surface area contributed by atoms with Crippen LogP contribution in [0.3, 0.4) is 0 Å². The lowest BCUT2D eigenvalue weighted by atomic mass is 9.99. The molecule has 2 aliphatic heterocycles. The summed E-state index contributed by atoms with van der Waals surface area (Å²) in [5.41, 5.74) is 9.35. The summed E-state index contributed by atoms with van der Waals surface area (Å²) in [6.45, 7) is 6.99. The fraction of sp³-hybridized carbons (Fsp3) is 0.433. The van der Waals surface area contributed by atoms with Crippen molar-refractivity contribution in [1.29, 1.82) is 0 Å². The van der Waals surface area contributed by atoms with Crippen molar-refractivity contribution in [3.63, 3.8) is 0 Å². The number of carbonyl (C=O) groups is 3. The molecule has 0 bridgehead atoms. The van der Waals surface area contributed by atoms with E-state index in [0.717, 1.165) is 39.7 Å². The number of rotatable bonds is 10. The Morgan fingerprint density at radius 3 is 2.71 bits per heavy atom. The number of amides is 4. The smallest absolute Gasteiger partial charge is 0.332 e. The Kier molecular flexibility index (Phi) is 8.63. The highest BCUT2D eigenvalue weighted by molar-refractivity contribution is 7.22. The van der Waals surface area contributed by atoms with Crippen LogP contribution in [0, 0.1) is 0 Å². The number of fused-ring (bicyclic) bond motifs is 2. The maximum Gasteiger partial charge on any atom is 0.332 e. The van der Waals surface area contributed by atoms with E-state index in [1.807, 2.05) is 61.3 Å². The van der Waals surface area contributed by atoms with Gasteiger partial charge < -0.3 is 20.9 Å². The summed E-state index contributed by atoms with van der Waals surface area (Å²) in [6.07, 6.45) is 1.58. The van der Waals surface area contributed by atoms with Gasteiger partial charge in [-0.3, -0.25) is 14.6 Å². The molecule has 0 saturated carbocycles. The van der Waals surface area contributed by atoms with Crippen molar-refractivity contribution in [1.82, 2.24) is 50.7 Å². The second-order valence-corrected chi connectivity index (χ2v) is 12.7. The maximum absolute atomic E-state index is 14.3. The van der Waals surface area contributed by atoms with Gasteiger partial charge in [-0.25, -0.2) is 14.9 Å². The number of hydrogen-bond donors (Lipinski definition) is 3. The maximum atomic E-state index is 14.3. The number of hydrazine groups is 1. The quantitative estimate of drug-likeness (QED) is 0.223. The third-order valence-corrected chi connectivity index (χ3v) is 9.08. The van der Waals surface area contributed by atoms with E-state index in [1.165, 1.54) is 11.3 Å². The lowest BCUT2D eigenvalue weighted by Crippen LogP contribution is -2.66. The average molecular weight is 632 g/mol. The van der Waals surface area contributed by atoms with Gasteiger partial charge in [-0.05, 0) is 47.9 Å². The van der Waals surface area contributed by atoms with Crippen LogP contribution in [0.4, 0.5) is 9.93 Å². The number of nitrogen functional groups attached to an aromatic ring is 1. The van der Waals surface area contributed by atoms with E-state index in [0.29, 0.717) is 30.5 Å². The Bertz CT molecular complexity index is 1670. The van der Waals surface area contributed by atoms with Crippen molar-refractivity contribution in [3.05, 3.63) is 53.6 Å². The van der Waals surface area contributed by atoms with E-state index in [9.17, 15) is 14.4 Å². The number of aromatic amines is 1. The molecule has 14 nitrogen and oxygen atoms in total. The van der Waals surface area contributed by atoms with E-state index < -0.39 is 12.2 Å². The number of unbranched alkanes of at least 4 members (excludes halogenated alkanes) is 1. The van der Waals surface area contributed by atoms with Crippen LogP contribution in [0.15, 0.2) is 42.5 Å². The number of nitrogens with two attached hydrogens (primary N) is 1. The fourth-order valence-electron chi connectivity index (χ4n) is 6.12. The molecule has 2 aliphatic rings. The van der Waals surface area contributed by atoms with Gasteiger partial charge >= 0.3 is 6.03 Å². The molecule has 0 radical (unpaired) electrons. The summed E-state index contributed by atoms with van der Waals surface area (Å²) in [5.74, 6) is 0.187. The van der Waals surface area contributed by atoms with Gasteiger partial charge in [0.15, 0.2) is 11.0 Å². The highest BCUT2D eigenvalue weighted by Gasteiger charge is 2.52. The summed E-state index contributed by atoms with van der Waals surface area (Å²) in [7, 11) is 0. The predicted molar refractivity (Wildman–Crippen MR) is 169 cm³/mol. The molecule has 0 aliphatic carbocycles. The second kappa shape index (κ2) is 12.8. The van der Waals surface area contributed by atoms with Crippen molar-refractivity contribution < 1.29 is 14.4 Å². The Balaban J connectivity index is 1.33. The van der Waals surface area contributed by atoms with Crippen LogP contribution >= 0.6 is 11.3 Å². The minimum atomic E-state index is -0.768. The van der Waals surface area contributed by atoms with Gasteiger partial charge in [0.25, 0.3) is 0 Å². The molecule has 4 amide bonds. The largest absolute Gasteiger partial charge is 0.375 e. The number of nitrogens with one attached hydrogen (secondary N) is 2. The van der Waals surface area contributed by atoms with E-state index in [-0.39, 0.29) is 37.0 Å². The zero-order valence-electron chi connectivity index (χ0n) is 25.5. The number of hydrogen-bond acceptors (Lipinski definition) is 10. The minimum Gasteiger partial charge on any atom is -0.375 e. The van der Waals surface area contributed by atoms with Crippen molar-refractivity contribution in [2.24, 2.45) is 0 Å². The van der Waals surface area contributed by atoms with Crippen LogP contribution in [-0.2, 0) is 22.6 Å². The molecular weight excluding hydrogens is 594 g/mol. The Hall–Kier alpha value is -4.63. The normalized spacial score (nSPS) is 18.7. The molecular formula is C30H37N11O3S. The zero-order valence-corrected chi connectivity index (χ0v) is 26.3. The first-order valence-electron chi connectivity index (χ1n) is 15.2. The minimum absolute atomic E-state index is 0.00268. The van der Waals surface area contributed by atoms with Gasteiger partial charge in [-0.15, -0.1) is 5.10 Å². The third-order valence-electron chi connectivity index (χ3n) is 8.23. The topological polar surface area (TPSA) is 170 Å². The summed E-state index contributed by atoms with van der Waals surface area (Å²) >= 11 is 1.40. The average Bonchev–Trinajstić information content (AvgIpc) is 3.75. The van der Waals surface area contributed by atoms with Crippen LogP contribution < -0.4 is 11.1 Å². The number of para-hydroxylation sites is 1. The van der Waals surface area contributed by atoms with E-state index in [4.69, 9.17) is 5.73 Å². The molecule has 0 spiro atoms. The zero-order chi connectivity index (χ0) is 31.7. The molecule has 45 heavy (non-hydrogen) atoms. The van der Waals surface area contributed by atoms with Crippen LogP contribution in [0.5, 0.6) is 0 Å². The molecule has 236 valence electrons. The number of tetrazole rings is 1. The number of urea groups is 1. The molecule has 4 N–H and O–H groups in total. The lowest BCUT2D eigenvalue weighted by molar-refractivity contribution is -0.158. The number of carbonyl (C=O) groups excluding carboxylic acids is 3. The number of anilines is 1. The van der Waals surface area contributed by atoms with Crippen LogP contribution in [0.25, 0.3) is 21.6 Å². The molecule has 0 unspecified atom stereocenters. The molecule has 2 aromatic carbocycles. The van der Waals surface area contributed by atoms with E-state index >= 15 is 0 Å². The Morgan fingerprint density at radius 1 is 1.20 bits per heavy atom. The summed E-state index contributed by atoms with van der Waals surface area (Å²) in [5, 5.41) is 20.9. The SMILES string of the molecule is CCCCNC(=O)N(C(C)C)N1CC(=O)N2[C@@H](Cc3ccc(-c4nnn[nH]4)cc3)C(=O)N(Cc3cccc4sc(N)nc34)C[C@@H]21. The summed E-state index contributed by atoms with van der Waals surface area (Å²) in [6, 6.07) is 12.2. The summed E-state index contributed by atoms with van der Waals surface area (Å²) in [4.78, 5) is 49.4. The van der Waals surface area contributed by atoms with Crippen molar-refractivity contribution in [2.45, 2.75) is 64.8 Å². The monoisotopic (exact) mass is 631 g/mol. The van der Waals surface area contributed by atoms with Crippen molar-refractivity contribution >= 4 is 44.5 Å². The number of nitrogens with zero attached hydrogens (tertiary/aromatic N) is 8. The van der Waals surface area contributed by atoms with Gasteiger partial charge in [0.2, 0.25) is 11.8 Å². The molecule has 4 aromatic rings. The number of piperazine rings is 1. The van der Waals surface area contributed by atoms with Gasteiger partial charge in [0.1, 0.15) is 12.2 Å². The van der Waals surface area contributed by atoms with Gasteiger partial charge in [0.05, 0.1) is 23.3 Å². The first-order valence-corrected chi connectivity index (χ1v) is 16.0. The van der Waals surface area contributed by atoms with Gasteiger partial charge in [0, 0.05) is 31.1 Å². The molecule has 4 heterocycles. The van der Waals surface area contributed by atoms with Crippen LogP contribution in [0.2, 0.25) is 0 Å². The molecule has 2 atom stereocenters. The van der Waals surface area contributed by atoms with Crippen LogP contribution in [-0.4, -0.2) is 101 Å². The van der Waals surface area contributed by atoms with Crippen molar-refractivity contribution in [3.8, 4) is 11.4 Å². The predicted octanol–water partition coefficient (Wildman–Crippen LogP) is 2.62. The second-order valence-electron chi connectivity index (χ2n) is 11.6. The van der Waals surface area contributed by atoms with Crippen LogP contribution in [0.1, 0.15) is 44.7 Å². The van der Waals surface area contributed by atoms with E-state index in [1.54, 1.807) is 14.8 Å². The third kappa shape index (κ3) is 6.04. The number of benzene rings is 2. The number of H-pyrrole nitrogens is 1. The number of thiazole rings is 1. The molecule has 15 heteroatoms. The molecule has 6 rings (SSSR count). The lowest BCUT2D eigenvalue weighted by Gasteiger charge is -2.47. The molecule has 2 fully saturated rings. The Morgan fingerprint density at radius 2 is 2.00 bits per heavy atom. The van der Waals surface area contributed by atoms with E-state index in [2.05, 4.69) is 37.8 Å². The Labute approximate surface area is 264 Å². The first kappa shape index (κ1) is 30.4. The first-order chi connectivity index (χ1) is 21.7. The number of aromatic nitrogens is 5. The van der Waals surface area contributed by atoms with Crippen molar-refractivity contribution in [2.75, 3.05) is 25.4 Å². The molecule has 2 saturated heterocycles. The highest BCUT2D eigenvalue weighted by atomic mass is 32.1. The van der Waals surface area contributed by atoms with Gasteiger partial charge in [-0.2, -0.15) is 5.01 Å². The fourth-order valence-corrected chi connectivity index (χ4v) is 6.91. The highest BCUT2D eigenvalue weighted by Crippen LogP contribution is 2.33. The van der Waals surface area contributed by atoms with Gasteiger partial charge in [-0.1, -0.05) is 61.1 Å². The standard InChI is InChI=1S/C30H37N11O3S/c1-4-5-13-32-30(44)41(18(2)3)39-17-25(42)40-22(14-19-9-11-20(12-10-19)27-34-36-37-35-27)28(43)38(16-24(39)40)15-21-7-6-8-23-26(21)33-29(31)45-23/h6-12,18,22,24H,4-5,13-17H2,1-3H3,(H2,31,33)(H,32,44)(H,34,35,36,37)/t22-,24+/m0/s1.